The number of anilines is 1. The highest BCUT2D eigenvalue weighted by Crippen LogP contribution is 2.58. The van der Waals surface area contributed by atoms with Crippen molar-refractivity contribution in [3.05, 3.63) is 97.1 Å². The molecule has 0 bridgehead atoms. The highest BCUT2D eigenvalue weighted by molar-refractivity contribution is 14.1. The van der Waals surface area contributed by atoms with Crippen molar-refractivity contribution in [2.45, 2.75) is 40.8 Å². The molecular formula is C25H22ClIN2O2S. The molecule has 1 aliphatic heterocycles. The maximum atomic E-state index is 11.6. The summed E-state index contributed by atoms with van der Waals surface area (Å²) in [5.74, 6) is 0.497. The predicted octanol–water partition coefficient (Wildman–Crippen LogP) is 7.55. The van der Waals surface area contributed by atoms with Gasteiger partial charge in [-0.3, -0.25) is 10.1 Å². The lowest BCUT2D eigenvalue weighted by Gasteiger charge is -2.39. The fourth-order valence-electron chi connectivity index (χ4n) is 5.22. The molecule has 1 N–H and O–H groups in total. The van der Waals surface area contributed by atoms with Crippen LogP contribution in [0.2, 0.25) is 0 Å². The van der Waals surface area contributed by atoms with Gasteiger partial charge in [-0.2, -0.15) is 0 Å². The number of hydrogen-bond donors (Lipinski definition) is 1. The van der Waals surface area contributed by atoms with E-state index in [1.807, 2.05) is 18.2 Å². The maximum Gasteiger partial charge on any atom is 0.282 e. The van der Waals surface area contributed by atoms with E-state index in [1.54, 1.807) is 23.9 Å². The van der Waals surface area contributed by atoms with E-state index < -0.39 is 0 Å². The topological polar surface area (TPSA) is 55.2 Å². The highest BCUT2D eigenvalue weighted by atomic mass is 127. The highest BCUT2D eigenvalue weighted by Gasteiger charge is 2.50. The van der Waals surface area contributed by atoms with Gasteiger partial charge in [0.1, 0.15) is 0 Å². The largest absolute Gasteiger partial charge is 0.377 e. The Hall–Kier alpha value is -1.77. The van der Waals surface area contributed by atoms with Crippen molar-refractivity contribution in [1.82, 2.24) is 0 Å². The van der Waals surface area contributed by atoms with E-state index in [0.29, 0.717) is 10.8 Å². The average Bonchev–Trinajstić information content (AvgIpc) is 3.10. The van der Waals surface area contributed by atoms with Crippen LogP contribution in [0.5, 0.6) is 0 Å². The van der Waals surface area contributed by atoms with Crippen molar-refractivity contribution < 1.29 is 4.92 Å². The summed E-state index contributed by atoms with van der Waals surface area (Å²) in [6, 6.07) is 22.1. The molecule has 4 nitrogen and oxygen atoms in total. The quantitative estimate of drug-likeness (QED) is 0.151. The van der Waals surface area contributed by atoms with Crippen LogP contribution in [0.15, 0.2) is 71.6 Å². The number of nitro benzene ring substituents is 1. The number of nitrogens with zero attached hydrogens (tertiary/aromatic N) is 1. The molecule has 164 valence electrons. The molecular weight excluding hydrogens is 555 g/mol. The van der Waals surface area contributed by atoms with Crippen LogP contribution in [-0.4, -0.2) is 15.6 Å². The Kier molecular flexibility index (Phi) is 6.11. The first-order chi connectivity index (χ1) is 15.4. The molecule has 5 rings (SSSR count). The summed E-state index contributed by atoms with van der Waals surface area (Å²) < 4.78 is 1.20. The lowest BCUT2D eigenvalue weighted by molar-refractivity contribution is -0.387. The monoisotopic (exact) mass is 576 g/mol. The fraction of sp³-hybridized carbons (Fsp3) is 0.280. The number of para-hydroxylation sites is 1. The van der Waals surface area contributed by atoms with E-state index in [4.69, 9.17) is 11.6 Å². The molecule has 32 heavy (non-hydrogen) atoms. The van der Waals surface area contributed by atoms with E-state index in [9.17, 15) is 10.1 Å². The molecule has 5 unspecified atom stereocenters. The molecule has 1 fully saturated rings. The number of thioether (sulfide) groups is 1. The van der Waals surface area contributed by atoms with Gasteiger partial charge in [-0.05, 0) is 76.7 Å². The smallest absolute Gasteiger partial charge is 0.282 e. The summed E-state index contributed by atoms with van der Waals surface area (Å²) in [7, 11) is 0. The van der Waals surface area contributed by atoms with Gasteiger partial charge in [0.15, 0.2) is 0 Å². The molecule has 0 radical (unpaired) electrons. The fourth-order valence-corrected chi connectivity index (χ4v) is 7.97. The van der Waals surface area contributed by atoms with Crippen LogP contribution in [0.25, 0.3) is 0 Å². The van der Waals surface area contributed by atoms with Gasteiger partial charge in [-0.15, -0.1) is 23.4 Å². The first-order valence-corrected chi connectivity index (χ1v) is 13.0. The van der Waals surface area contributed by atoms with Crippen molar-refractivity contribution in [3.63, 3.8) is 0 Å². The number of hydrogen-bond acceptors (Lipinski definition) is 4. The Morgan fingerprint density at radius 1 is 1.12 bits per heavy atom. The zero-order chi connectivity index (χ0) is 22.4. The van der Waals surface area contributed by atoms with Crippen LogP contribution in [0.3, 0.4) is 0 Å². The number of fused-ring (bicyclic) bond motifs is 3. The van der Waals surface area contributed by atoms with E-state index in [0.717, 1.165) is 6.42 Å². The number of nitro groups is 1. The van der Waals surface area contributed by atoms with Crippen molar-refractivity contribution in [1.29, 1.82) is 0 Å². The van der Waals surface area contributed by atoms with E-state index in [2.05, 4.69) is 71.2 Å². The van der Waals surface area contributed by atoms with Gasteiger partial charge in [0.2, 0.25) is 0 Å². The molecule has 3 aromatic rings. The third kappa shape index (κ3) is 3.90. The van der Waals surface area contributed by atoms with Crippen LogP contribution >= 0.6 is 46.0 Å². The lowest BCUT2D eigenvalue weighted by atomic mass is 9.76. The summed E-state index contributed by atoms with van der Waals surface area (Å²) in [6.45, 7) is 2.15. The molecule has 1 aliphatic carbocycles. The molecule has 0 aromatic heterocycles. The summed E-state index contributed by atoms with van der Waals surface area (Å²) in [4.78, 5) is 11.9. The average molecular weight is 577 g/mol. The third-order valence-corrected chi connectivity index (χ3v) is 9.32. The van der Waals surface area contributed by atoms with Gasteiger partial charge in [0.25, 0.3) is 5.69 Å². The van der Waals surface area contributed by atoms with Crippen LogP contribution in [0, 0.1) is 26.5 Å². The lowest BCUT2D eigenvalue weighted by Crippen LogP contribution is -2.31. The zero-order valence-corrected chi connectivity index (χ0v) is 21.1. The first kappa shape index (κ1) is 22.0. The van der Waals surface area contributed by atoms with Crippen LogP contribution in [0.4, 0.5) is 11.4 Å². The number of rotatable bonds is 4. The van der Waals surface area contributed by atoms with Gasteiger partial charge < -0.3 is 5.32 Å². The van der Waals surface area contributed by atoms with E-state index in [-0.39, 0.29) is 33.2 Å². The normalized spacial score (nSPS) is 26.2. The Morgan fingerprint density at radius 2 is 1.84 bits per heavy atom. The number of benzene rings is 3. The van der Waals surface area contributed by atoms with Crippen LogP contribution in [-0.2, 0) is 0 Å². The van der Waals surface area contributed by atoms with Gasteiger partial charge in [0, 0.05) is 26.5 Å². The summed E-state index contributed by atoms with van der Waals surface area (Å²) in [6.07, 6.45) is 0.895. The minimum Gasteiger partial charge on any atom is -0.377 e. The number of halogens is 2. The molecule has 1 saturated carbocycles. The van der Waals surface area contributed by atoms with Gasteiger partial charge in [-0.1, -0.05) is 42.5 Å². The second-order valence-electron chi connectivity index (χ2n) is 8.47. The number of nitrogens with one attached hydrogen (secondary N) is 1. The summed E-state index contributed by atoms with van der Waals surface area (Å²) in [5.41, 5.74) is 5.09. The Balaban J connectivity index is 1.56. The standard InChI is InChI=1S/C25H22ClIN2O2S/c1-14-11-16(27)12-17-22-18(25(28-24(14)17)15-7-3-2-4-8-15)13-21(23(22)26)32-20-10-6-5-9-19(20)29(30)31/h2-12,18,21-23,25,28H,13H2,1H3. The maximum absolute atomic E-state index is 11.6. The molecule has 3 aromatic carbocycles. The minimum atomic E-state index is -0.303. The molecule has 1 heterocycles. The minimum absolute atomic E-state index is 0.0879. The van der Waals surface area contributed by atoms with Gasteiger partial charge >= 0.3 is 0 Å². The molecule has 5 atom stereocenters. The predicted molar refractivity (Wildman–Crippen MR) is 140 cm³/mol. The molecule has 7 heteroatoms. The van der Waals surface area contributed by atoms with E-state index >= 15 is 0 Å². The van der Waals surface area contributed by atoms with Crippen LogP contribution in [0.1, 0.15) is 35.1 Å². The van der Waals surface area contributed by atoms with E-state index in [1.165, 1.54) is 25.9 Å². The van der Waals surface area contributed by atoms with Gasteiger partial charge in [0.05, 0.1) is 21.2 Å². The Labute approximate surface area is 210 Å². The zero-order valence-electron chi connectivity index (χ0n) is 17.4. The third-order valence-electron chi connectivity index (χ3n) is 6.58. The summed E-state index contributed by atoms with van der Waals surface area (Å²) in [5, 5.41) is 15.4. The van der Waals surface area contributed by atoms with Crippen molar-refractivity contribution >= 4 is 57.3 Å². The second kappa shape index (κ2) is 8.88. The summed E-state index contributed by atoms with van der Waals surface area (Å²) >= 11 is 11.1. The molecule has 0 amide bonds. The Morgan fingerprint density at radius 3 is 2.59 bits per heavy atom. The number of alkyl halides is 1. The SMILES string of the molecule is Cc1cc(I)cc2c1NC(c1ccccc1)C1CC(Sc3ccccc3[N+](=O)[O-])C(Cl)C21. The van der Waals surface area contributed by atoms with Crippen molar-refractivity contribution in [2.75, 3.05) is 5.32 Å². The Bertz CT molecular complexity index is 1180. The van der Waals surface area contributed by atoms with Crippen LogP contribution < -0.4 is 5.32 Å². The number of aryl methyl sites for hydroxylation is 1. The first-order valence-electron chi connectivity index (χ1n) is 10.6. The second-order valence-corrected chi connectivity index (χ2v) is 11.5. The molecule has 0 saturated heterocycles. The molecule has 0 spiro atoms. The van der Waals surface area contributed by atoms with Crippen molar-refractivity contribution in [3.8, 4) is 0 Å². The van der Waals surface area contributed by atoms with Crippen molar-refractivity contribution in [2.24, 2.45) is 5.92 Å². The molecule has 2 aliphatic rings. The van der Waals surface area contributed by atoms with Gasteiger partial charge in [-0.25, -0.2) is 0 Å².